The number of furan rings is 1. The second kappa shape index (κ2) is 13.4. The number of benzene rings is 9. The third-order valence-corrected chi connectivity index (χ3v) is 10.5. The Hall–Kier alpha value is -7.16. The van der Waals surface area contributed by atoms with Gasteiger partial charge in [-0.2, -0.15) is 0 Å². The molecule has 54 heavy (non-hydrogen) atoms. The summed E-state index contributed by atoms with van der Waals surface area (Å²) in [5.41, 5.74) is 14.4. The van der Waals surface area contributed by atoms with Gasteiger partial charge in [-0.05, 0) is 98.2 Å². The average molecular weight is 690 g/mol. The van der Waals surface area contributed by atoms with Crippen molar-refractivity contribution in [2.24, 2.45) is 0 Å². The Kier molecular flexibility index (Phi) is 7.85. The molecule has 9 aromatic carbocycles. The van der Waals surface area contributed by atoms with Crippen molar-refractivity contribution in [3.05, 3.63) is 212 Å². The topological polar surface area (TPSA) is 16.4 Å². The minimum absolute atomic E-state index is 0.890. The van der Waals surface area contributed by atoms with E-state index in [0.29, 0.717) is 0 Å². The number of para-hydroxylation sites is 1. The molecule has 0 unspecified atom stereocenters. The number of nitrogens with zero attached hydrogens (tertiary/aromatic N) is 1. The lowest BCUT2D eigenvalue weighted by atomic mass is 9.98. The third-order valence-electron chi connectivity index (χ3n) is 10.5. The van der Waals surface area contributed by atoms with E-state index < -0.39 is 0 Å². The van der Waals surface area contributed by atoms with Gasteiger partial charge < -0.3 is 9.32 Å². The molecule has 0 spiro atoms. The summed E-state index contributed by atoms with van der Waals surface area (Å²) in [5, 5.41) is 4.76. The van der Waals surface area contributed by atoms with Crippen molar-refractivity contribution in [2.45, 2.75) is 0 Å². The monoisotopic (exact) mass is 689 g/mol. The lowest BCUT2D eigenvalue weighted by Gasteiger charge is -2.26. The van der Waals surface area contributed by atoms with Crippen LogP contribution in [-0.4, -0.2) is 0 Å². The van der Waals surface area contributed by atoms with Gasteiger partial charge >= 0.3 is 0 Å². The van der Waals surface area contributed by atoms with E-state index >= 15 is 0 Å². The van der Waals surface area contributed by atoms with Crippen molar-refractivity contribution >= 4 is 49.8 Å². The fraction of sp³-hybridized carbons (Fsp3) is 0. The molecule has 0 aliphatic carbocycles. The van der Waals surface area contributed by atoms with E-state index in [9.17, 15) is 0 Å². The van der Waals surface area contributed by atoms with Crippen LogP contribution in [-0.2, 0) is 0 Å². The van der Waals surface area contributed by atoms with E-state index in [4.69, 9.17) is 4.42 Å². The summed E-state index contributed by atoms with van der Waals surface area (Å²) in [6.45, 7) is 0. The molecule has 2 nitrogen and oxygen atoms in total. The van der Waals surface area contributed by atoms with Crippen LogP contribution in [0.5, 0.6) is 0 Å². The van der Waals surface area contributed by atoms with E-state index in [-0.39, 0.29) is 0 Å². The molecule has 254 valence electrons. The summed E-state index contributed by atoms with van der Waals surface area (Å²) >= 11 is 0. The van der Waals surface area contributed by atoms with Gasteiger partial charge in [-0.3, -0.25) is 0 Å². The molecule has 1 heterocycles. The van der Waals surface area contributed by atoms with Gasteiger partial charge in [-0.25, -0.2) is 0 Å². The fourth-order valence-electron chi connectivity index (χ4n) is 7.77. The lowest BCUT2D eigenvalue weighted by Crippen LogP contribution is -2.09. The first-order valence-electron chi connectivity index (χ1n) is 18.4. The molecule has 0 bridgehead atoms. The zero-order chi connectivity index (χ0) is 35.8. The molecule has 10 rings (SSSR count). The summed E-state index contributed by atoms with van der Waals surface area (Å²) in [6, 6.07) is 75.7. The van der Waals surface area contributed by atoms with Crippen molar-refractivity contribution in [1.29, 1.82) is 0 Å². The molecular weight excluding hydrogens is 655 g/mol. The number of anilines is 3. The number of fused-ring (bicyclic) bond motifs is 4. The highest BCUT2D eigenvalue weighted by atomic mass is 16.3. The molecule has 0 N–H and O–H groups in total. The summed E-state index contributed by atoms with van der Waals surface area (Å²) in [5.74, 6) is 0. The van der Waals surface area contributed by atoms with Crippen LogP contribution in [0.4, 0.5) is 17.1 Å². The van der Waals surface area contributed by atoms with Crippen molar-refractivity contribution in [3.8, 4) is 44.5 Å². The smallest absolute Gasteiger partial charge is 0.143 e. The zero-order valence-corrected chi connectivity index (χ0v) is 29.6. The molecule has 1 aromatic heterocycles. The second-order valence-corrected chi connectivity index (χ2v) is 13.7. The average Bonchev–Trinajstić information content (AvgIpc) is 3.63. The molecule has 0 amide bonds. The molecule has 0 radical (unpaired) electrons. The van der Waals surface area contributed by atoms with Gasteiger partial charge in [0, 0.05) is 33.4 Å². The standard InChI is InChI=1S/C52H35NO/c1-3-11-36(12-4-1)37-21-28-43(29-22-37)53(45-32-25-41(26-33-45)47-18-9-16-39-15-7-8-17-46(39)47)44-30-23-38(24-31-44)42-27-34-49-50-20-10-19-48(40-13-5-2-6-14-40)52(50)54-51(49)35-42/h1-35H. The summed E-state index contributed by atoms with van der Waals surface area (Å²) < 4.78 is 6.58. The Morgan fingerprint density at radius 1 is 0.296 bits per heavy atom. The Labute approximate surface area is 314 Å². The van der Waals surface area contributed by atoms with Crippen molar-refractivity contribution in [1.82, 2.24) is 0 Å². The van der Waals surface area contributed by atoms with Crippen LogP contribution in [0, 0.1) is 0 Å². The number of hydrogen-bond acceptors (Lipinski definition) is 2. The molecule has 0 atom stereocenters. The first-order chi connectivity index (χ1) is 26.8. The van der Waals surface area contributed by atoms with Gasteiger partial charge in [-0.15, -0.1) is 0 Å². The number of rotatable bonds is 7. The van der Waals surface area contributed by atoms with E-state index in [2.05, 4.69) is 211 Å². The Morgan fingerprint density at radius 2 is 0.759 bits per heavy atom. The Balaban J connectivity index is 1.02. The predicted octanol–water partition coefficient (Wildman–Crippen LogP) is 14.9. The normalized spacial score (nSPS) is 11.3. The maximum absolute atomic E-state index is 6.58. The largest absolute Gasteiger partial charge is 0.455 e. The van der Waals surface area contributed by atoms with Gasteiger partial charge in [-0.1, -0.05) is 164 Å². The predicted molar refractivity (Wildman–Crippen MR) is 228 cm³/mol. The van der Waals surface area contributed by atoms with Crippen LogP contribution < -0.4 is 4.90 Å². The maximum Gasteiger partial charge on any atom is 0.143 e. The van der Waals surface area contributed by atoms with Crippen LogP contribution >= 0.6 is 0 Å². The highest BCUT2D eigenvalue weighted by Gasteiger charge is 2.16. The van der Waals surface area contributed by atoms with E-state index in [0.717, 1.165) is 61.3 Å². The molecular formula is C52H35NO. The Bertz CT molecular complexity index is 2880. The summed E-state index contributed by atoms with van der Waals surface area (Å²) in [6.07, 6.45) is 0. The quantitative estimate of drug-likeness (QED) is 0.166. The molecule has 2 heteroatoms. The second-order valence-electron chi connectivity index (χ2n) is 13.7. The fourth-order valence-corrected chi connectivity index (χ4v) is 7.77. The third kappa shape index (κ3) is 5.71. The van der Waals surface area contributed by atoms with Gasteiger partial charge in [0.2, 0.25) is 0 Å². The van der Waals surface area contributed by atoms with Crippen LogP contribution in [0.25, 0.3) is 77.2 Å². The van der Waals surface area contributed by atoms with E-state index in [1.54, 1.807) is 0 Å². The first-order valence-corrected chi connectivity index (χ1v) is 18.4. The van der Waals surface area contributed by atoms with Crippen molar-refractivity contribution in [2.75, 3.05) is 4.90 Å². The van der Waals surface area contributed by atoms with Crippen LogP contribution in [0.1, 0.15) is 0 Å². The van der Waals surface area contributed by atoms with Gasteiger partial charge in [0.1, 0.15) is 11.2 Å². The number of hydrogen-bond donors (Lipinski definition) is 0. The van der Waals surface area contributed by atoms with E-state index in [1.807, 2.05) is 6.07 Å². The van der Waals surface area contributed by atoms with Crippen molar-refractivity contribution in [3.63, 3.8) is 0 Å². The van der Waals surface area contributed by atoms with Crippen LogP contribution in [0.2, 0.25) is 0 Å². The van der Waals surface area contributed by atoms with Crippen LogP contribution in [0.3, 0.4) is 0 Å². The zero-order valence-electron chi connectivity index (χ0n) is 29.6. The lowest BCUT2D eigenvalue weighted by molar-refractivity contribution is 0.670. The molecule has 10 aromatic rings. The molecule has 0 saturated carbocycles. The molecule has 0 fully saturated rings. The van der Waals surface area contributed by atoms with Gasteiger partial charge in [0.15, 0.2) is 0 Å². The molecule has 0 aliphatic heterocycles. The van der Waals surface area contributed by atoms with Crippen molar-refractivity contribution < 1.29 is 4.42 Å². The van der Waals surface area contributed by atoms with E-state index in [1.165, 1.54) is 33.0 Å². The highest BCUT2D eigenvalue weighted by molar-refractivity contribution is 6.10. The maximum atomic E-state index is 6.58. The molecule has 0 saturated heterocycles. The molecule has 0 aliphatic rings. The van der Waals surface area contributed by atoms with Crippen LogP contribution in [0.15, 0.2) is 217 Å². The first kappa shape index (κ1) is 31.6. The van der Waals surface area contributed by atoms with Gasteiger partial charge in [0.25, 0.3) is 0 Å². The summed E-state index contributed by atoms with van der Waals surface area (Å²) in [7, 11) is 0. The Morgan fingerprint density at radius 3 is 1.44 bits per heavy atom. The SMILES string of the molecule is c1ccc(-c2ccc(N(c3ccc(-c4ccc5c(c4)oc4c(-c6ccccc6)cccc45)cc3)c3ccc(-c4cccc5ccccc45)cc3)cc2)cc1. The minimum atomic E-state index is 0.890. The summed E-state index contributed by atoms with van der Waals surface area (Å²) in [4.78, 5) is 2.33. The van der Waals surface area contributed by atoms with Gasteiger partial charge in [0.05, 0.1) is 0 Å². The minimum Gasteiger partial charge on any atom is -0.455 e. The highest BCUT2D eigenvalue weighted by Crippen LogP contribution is 2.40.